The first-order valence-corrected chi connectivity index (χ1v) is 10.9. The number of rotatable bonds is 11. The van der Waals surface area contributed by atoms with Gasteiger partial charge in [-0.3, -0.25) is 4.79 Å². The van der Waals surface area contributed by atoms with Gasteiger partial charge in [-0.1, -0.05) is 91.0 Å². The third-order valence-corrected chi connectivity index (χ3v) is 5.18. The van der Waals surface area contributed by atoms with Crippen LogP contribution in [-0.4, -0.2) is 30.4 Å². The zero-order chi connectivity index (χ0) is 23.3. The zero-order valence-corrected chi connectivity index (χ0v) is 18.4. The first kappa shape index (κ1) is 23.7. The van der Waals surface area contributed by atoms with Crippen LogP contribution in [0.2, 0.25) is 0 Å². The molecule has 3 aromatic rings. The molecule has 0 bridgehead atoms. The van der Waals surface area contributed by atoms with Gasteiger partial charge in [-0.05, 0) is 29.5 Å². The minimum atomic E-state index is -0.880. The second-order valence-electron chi connectivity index (χ2n) is 7.72. The summed E-state index contributed by atoms with van der Waals surface area (Å²) in [5, 5.41) is 5.41. The lowest BCUT2D eigenvalue weighted by Gasteiger charge is -2.21. The maximum absolute atomic E-state index is 13.0. The van der Waals surface area contributed by atoms with Crippen molar-refractivity contribution in [2.75, 3.05) is 0 Å². The van der Waals surface area contributed by atoms with Crippen LogP contribution in [0.4, 0.5) is 4.79 Å². The van der Waals surface area contributed by atoms with E-state index in [2.05, 4.69) is 10.6 Å². The highest BCUT2D eigenvalue weighted by Crippen LogP contribution is 2.08. The van der Waals surface area contributed by atoms with Crippen LogP contribution >= 0.6 is 0 Å². The van der Waals surface area contributed by atoms with Gasteiger partial charge < -0.3 is 20.2 Å². The van der Waals surface area contributed by atoms with Crippen LogP contribution in [-0.2, 0) is 33.8 Å². The third kappa shape index (κ3) is 8.26. The van der Waals surface area contributed by atoms with Crippen LogP contribution in [0, 0.1) is 0 Å². The third-order valence-electron chi connectivity index (χ3n) is 5.18. The molecule has 0 radical (unpaired) electrons. The van der Waals surface area contributed by atoms with E-state index in [-0.39, 0.29) is 13.0 Å². The Balaban J connectivity index is 1.60. The number of alkyl carbamates (subject to hydrolysis) is 1. The summed E-state index contributed by atoms with van der Waals surface area (Å²) in [6.07, 6.45) is 1.43. The molecule has 2 atom stereocenters. The Kier molecular flexibility index (Phi) is 9.21. The molecule has 0 aromatic heterocycles. The number of nitrogens with one attached hydrogen (secondary N) is 2. The molecule has 0 aliphatic heterocycles. The summed E-state index contributed by atoms with van der Waals surface area (Å²) in [6.45, 7) is 0.0976. The molecule has 0 saturated carbocycles. The lowest BCUT2D eigenvalue weighted by atomic mass is 10.0. The van der Waals surface area contributed by atoms with E-state index in [1.807, 2.05) is 91.0 Å². The van der Waals surface area contributed by atoms with Gasteiger partial charge in [-0.15, -0.1) is 0 Å². The van der Waals surface area contributed by atoms with Gasteiger partial charge in [0, 0.05) is 6.42 Å². The summed E-state index contributed by atoms with van der Waals surface area (Å²) in [4.78, 5) is 37.0. The van der Waals surface area contributed by atoms with Gasteiger partial charge >= 0.3 is 6.09 Å². The van der Waals surface area contributed by atoms with Crippen molar-refractivity contribution in [3.8, 4) is 0 Å². The number of aldehydes is 1. The summed E-state index contributed by atoms with van der Waals surface area (Å²) in [7, 11) is 0. The molecule has 0 aliphatic carbocycles. The molecule has 3 rings (SSSR count). The molecule has 6 heteroatoms. The van der Waals surface area contributed by atoms with Crippen molar-refractivity contribution < 1.29 is 19.1 Å². The predicted molar refractivity (Wildman–Crippen MR) is 126 cm³/mol. The average Bonchev–Trinajstić information content (AvgIpc) is 2.86. The number of ether oxygens (including phenoxy) is 1. The average molecular weight is 445 g/mol. The molecule has 0 saturated heterocycles. The van der Waals surface area contributed by atoms with Gasteiger partial charge in [0.1, 0.15) is 18.9 Å². The normalized spacial score (nSPS) is 12.2. The van der Waals surface area contributed by atoms with Crippen LogP contribution in [0.3, 0.4) is 0 Å². The van der Waals surface area contributed by atoms with E-state index < -0.39 is 24.1 Å². The van der Waals surface area contributed by atoms with Crippen molar-refractivity contribution in [2.45, 2.75) is 38.0 Å². The molecular formula is C27H28N2O4. The second kappa shape index (κ2) is 12.8. The Labute approximate surface area is 194 Å². The molecule has 0 fully saturated rings. The van der Waals surface area contributed by atoms with E-state index in [0.717, 1.165) is 23.0 Å². The molecule has 2 N–H and O–H groups in total. The van der Waals surface area contributed by atoms with E-state index in [1.165, 1.54) is 0 Å². The Hall–Kier alpha value is -3.93. The molecular weight excluding hydrogens is 416 g/mol. The number of aryl methyl sites for hydroxylation is 1. The van der Waals surface area contributed by atoms with Crippen molar-refractivity contribution in [1.29, 1.82) is 0 Å². The van der Waals surface area contributed by atoms with Gasteiger partial charge in [-0.25, -0.2) is 4.79 Å². The molecule has 33 heavy (non-hydrogen) atoms. The highest BCUT2D eigenvalue weighted by molar-refractivity contribution is 5.87. The Morgan fingerprint density at radius 3 is 1.88 bits per heavy atom. The van der Waals surface area contributed by atoms with Gasteiger partial charge in [0.25, 0.3) is 0 Å². The van der Waals surface area contributed by atoms with Crippen molar-refractivity contribution in [3.63, 3.8) is 0 Å². The van der Waals surface area contributed by atoms with E-state index in [9.17, 15) is 14.4 Å². The SMILES string of the molecule is O=CC(CCc1ccccc1)NC(=O)C(Cc1ccccc1)NC(=O)OCc1ccccc1. The lowest BCUT2D eigenvalue weighted by Crippen LogP contribution is -2.51. The maximum atomic E-state index is 13.0. The molecule has 0 heterocycles. The summed E-state index contributed by atoms with van der Waals surface area (Å²) < 4.78 is 5.28. The second-order valence-corrected chi connectivity index (χ2v) is 7.72. The van der Waals surface area contributed by atoms with E-state index in [1.54, 1.807) is 0 Å². The summed E-state index contributed by atoms with van der Waals surface area (Å²) in [5.41, 5.74) is 2.81. The summed E-state index contributed by atoms with van der Waals surface area (Å²) in [5.74, 6) is -0.430. The van der Waals surface area contributed by atoms with Gasteiger partial charge in [-0.2, -0.15) is 0 Å². The predicted octanol–water partition coefficient (Wildman–Crippen LogP) is 3.84. The van der Waals surface area contributed by atoms with E-state index in [4.69, 9.17) is 4.74 Å². The van der Waals surface area contributed by atoms with Crippen LogP contribution in [0.25, 0.3) is 0 Å². The highest BCUT2D eigenvalue weighted by atomic mass is 16.5. The molecule has 3 aromatic carbocycles. The Morgan fingerprint density at radius 2 is 1.30 bits per heavy atom. The first-order valence-electron chi connectivity index (χ1n) is 10.9. The Bertz CT molecular complexity index is 1010. The van der Waals surface area contributed by atoms with Gasteiger partial charge in [0.05, 0.1) is 6.04 Å². The molecule has 0 aliphatic rings. The van der Waals surface area contributed by atoms with Crippen LogP contribution in [0.1, 0.15) is 23.1 Å². The number of hydrogen-bond acceptors (Lipinski definition) is 4. The Morgan fingerprint density at radius 1 is 0.758 bits per heavy atom. The number of carbonyl (C=O) groups is 3. The minimum Gasteiger partial charge on any atom is -0.445 e. The fourth-order valence-electron chi connectivity index (χ4n) is 3.39. The highest BCUT2D eigenvalue weighted by Gasteiger charge is 2.24. The molecule has 2 unspecified atom stereocenters. The number of benzene rings is 3. The number of hydrogen-bond donors (Lipinski definition) is 2. The van der Waals surface area contributed by atoms with E-state index >= 15 is 0 Å². The van der Waals surface area contributed by atoms with Crippen LogP contribution in [0.15, 0.2) is 91.0 Å². The van der Waals surface area contributed by atoms with Crippen molar-refractivity contribution in [3.05, 3.63) is 108 Å². The van der Waals surface area contributed by atoms with E-state index in [0.29, 0.717) is 12.8 Å². The molecule has 2 amide bonds. The molecule has 170 valence electrons. The summed E-state index contributed by atoms with van der Waals surface area (Å²) >= 11 is 0. The largest absolute Gasteiger partial charge is 0.445 e. The maximum Gasteiger partial charge on any atom is 0.408 e. The topological polar surface area (TPSA) is 84.5 Å². The number of carbonyl (C=O) groups excluding carboxylic acids is 3. The first-order chi connectivity index (χ1) is 16.1. The van der Waals surface area contributed by atoms with Crippen LogP contribution in [0.5, 0.6) is 0 Å². The summed E-state index contributed by atoms with van der Waals surface area (Å²) in [6, 6.07) is 26.9. The zero-order valence-electron chi connectivity index (χ0n) is 18.4. The van der Waals surface area contributed by atoms with Crippen molar-refractivity contribution >= 4 is 18.3 Å². The number of amides is 2. The lowest BCUT2D eigenvalue weighted by molar-refractivity contribution is -0.125. The van der Waals surface area contributed by atoms with Crippen LogP contribution < -0.4 is 10.6 Å². The van der Waals surface area contributed by atoms with Crippen molar-refractivity contribution in [1.82, 2.24) is 10.6 Å². The molecule has 0 spiro atoms. The van der Waals surface area contributed by atoms with Gasteiger partial charge in [0.2, 0.25) is 5.91 Å². The fraction of sp³-hybridized carbons (Fsp3) is 0.222. The minimum absolute atomic E-state index is 0.0976. The smallest absolute Gasteiger partial charge is 0.408 e. The molecule has 6 nitrogen and oxygen atoms in total. The quantitative estimate of drug-likeness (QED) is 0.440. The van der Waals surface area contributed by atoms with Crippen molar-refractivity contribution in [2.24, 2.45) is 0 Å². The monoisotopic (exact) mass is 444 g/mol. The fourth-order valence-corrected chi connectivity index (χ4v) is 3.39. The van der Waals surface area contributed by atoms with Gasteiger partial charge in [0.15, 0.2) is 0 Å². The standard InChI is InChI=1S/C27H28N2O4/c30-19-24(17-16-21-10-4-1-5-11-21)28-26(31)25(18-22-12-6-2-7-13-22)29-27(32)33-20-23-14-8-3-9-15-23/h1-15,19,24-25H,16-18,20H2,(H,28,31)(H,29,32).